The zero-order valence-electron chi connectivity index (χ0n) is 42.1. The minimum atomic E-state index is 1.09. The molecule has 13 aromatic carbocycles. The molecule has 0 unspecified atom stereocenters. The van der Waals surface area contributed by atoms with Gasteiger partial charge in [-0.1, -0.05) is 194 Å². The first-order valence-electron chi connectivity index (χ1n) is 26.5. The fraction of sp³-hybridized carbons (Fsp3) is 0. The van der Waals surface area contributed by atoms with E-state index in [2.05, 4.69) is 311 Å². The molecule has 15 aromatic rings. The van der Waals surface area contributed by atoms with E-state index in [1.165, 1.54) is 87.4 Å². The molecule has 3 heteroatoms. The highest BCUT2D eigenvalue weighted by molar-refractivity contribution is 6.20. The van der Waals surface area contributed by atoms with Gasteiger partial charge in [-0.05, 0) is 158 Å². The molecule has 0 radical (unpaired) electrons. The molecular weight excluding hydrogens is 931 g/mol. The van der Waals surface area contributed by atoms with Crippen molar-refractivity contribution in [3.63, 3.8) is 0 Å². The average Bonchev–Trinajstić information content (AvgIpc) is 4.28. The molecule has 15 rings (SSSR count). The topological polar surface area (TPSA) is 13.1 Å². The minimum Gasteiger partial charge on any atom is -0.311 e. The molecule has 0 saturated carbocycles. The zero-order chi connectivity index (χ0) is 50.8. The Morgan fingerprint density at radius 1 is 0.208 bits per heavy atom. The van der Waals surface area contributed by atoms with Crippen molar-refractivity contribution in [1.82, 2.24) is 9.13 Å². The minimum absolute atomic E-state index is 1.09. The molecule has 0 aliphatic heterocycles. The molecule has 360 valence electrons. The summed E-state index contributed by atoms with van der Waals surface area (Å²) in [6, 6.07) is 109. The van der Waals surface area contributed by atoms with Crippen molar-refractivity contribution in [3.8, 4) is 55.9 Å². The van der Waals surface area contributed by atoms with Gasteiger partial charge in [-0.2, -0.15) is 0 Å². The Morgan fingerprint density at radius 3 is 1.03 bits per heavy atom. The number of fused-ring (bicyclic) bond motifs is 10. The summed E-state index contributed by atoms with van der Waals surface area (Å²) in [5, 5.41) is 9.87. The van der Waals surface area contributed by atoms with Crippen molar-refractivity contribution in [2.45, 2.75) is 0 Å². The van der Waals surface area contributed by atoms with Crippen LogP contribution in [0.3, 0.4) is 0 Å². The maximum atomic E-state index is 2.45. The van der Waals surface area contributed by atoms with Gasteiger partial charge in [-0.3, -0.25) is 0 Å². The highest BCUT2D eigenvalue weighted by Crippen LogP contribution is 2.44. The number of nitrogens with zero attached hydrogens (tertiary/aromatic N) is 3. The Bertz CT molecular complexity index is 4480. The smallest absolute Gasteiger partial charge is 0.0619 e. The van der Waals surface area contributed by atoms with Crippen LogP contribution in [0, 0.1) is 0 Å². The summed E-state index contributed by atoms with van der Waals surface area (Å²) in [4.78, 5) is 2.34. The Hall–Kier alpha value is -10.2. The third-order valence-corrected chi connectivity index (χ3v) is 15.6. The standard InChI is InChI=1S/C74H49N3/c1-5-17-50(18-6-1)51-29-37-63(38-30-51)75(60-21-7-2-8-22-60)64-39-31-52(32-40-64)57-45-58(55-35-43-71-69(48-55)67-41-33-53-19-13-15-27-65(53)73(67)76(71)61-23-9-3-10-24-61)47-59(46-57)56-36-44-72-70(49-56)68-42-34-54-20-14-16-28-66(54)74(68)77(72)62-25-11-4-12-26-62/h1-49H. The lowest BCUT2D eigenvalue weighted by atomic mass is 9.92. The Kier molecular flexibility index (Phi) is 10.5. The van der Waals surface area contributed by atoms with Gasteiger partial charge in [0.15, 0.2) is 0 Å². The van der Waals surface area contributed by atoms with Gasteiger partial charge in [0.1, 0.15) is 0 Å². The van der Waals surface area contributed by atoms with Crippen molar-refractivity contribution in [1.29, 1.82) is 0 Å². The number of hydrogen-bond donors (Lipinski definition) is 0. The van der Waals surface area contributed by atoms with Crippen LogP contribution in [0.5, 0.6) is 0 Å². The van der Waals surface area contributed by atoms with Gasteiger partial charge in [-0.25, -0.2) is 0 Å². The van der Waals surface area contributed by atoms with E-state index in [9.17, 15) is 0 Å². The summed E-state index contributed by atoms with van der Waals surface area (Å²) >= 11 is 0. The maximum Gasteiger partial charge on any atom is 0.0619 e. The van der Waals surface area contributed by atoms with Crippen LogP contribution in [-0.2, 0) is 0 Å². The summed E-state index contributed by atoms with van der Waals surface area (Å²) in [5.41, 5.74) is 19.8. The average molecular weight is 980 g/mol. The van der Waals surface area contributed by atoms with E-state index in [0.29, 0.717) is 0 Å². The van der Waals surface area contributed by atoms with E-state index < -0.39 is 0 Å². The predicted molar refractivity (Wildman–Crippen MR) is 327 cm³/mol. The second-order valence-electron chi connectivity index (χ2n) is 20.1. The number of para-hydroxylation sites is 3. The molecule has 77 heavy (non-hydrogen) atoms. The highest BCUT2D eigenvalue weighted by Gasteiger charge is 2.20. The van der Waals surface area contributed by atoms with E-state index >= 15 is 0 Å². The van der Waals surface area contributed by atoms with Crippen LogP contribution in [0.25, 0.3) is 121 Å². The van der Waals surface area contributed by atoms with Gasteiger partial charge in [0, 0.05) is 60.8 Å². The van der Waals surface area contributed by atoms with Crippen LogP contribution < -0.4 is 4.90 Å². The lowest BCUT2D eigenvalue weighted by Crippen LogP contribution is -2.09. The van der Waals surface area contributed by atoms with Crippen LogP contribution in [0.15, 0.2) is 297 Å². The monoisotopic (exact) mass is 979 g/mol. The highest BCUT2D eigenvalue weighted by atomic mass is 15.1. The zero-order valence-corrected chi connectivity index (χ0v) is 42.1. The van der Waals surface area contributed by atoms with Crippen molar-refractivity contribution in [2.24, 2.45) is 0 Å². The first-order chi connectivity index (χ1) is 38.2. The van der Waals surface area contributed by atoms with Gasteiger partial charge in [0.05, 0.1) is 22.1 Å². The summed E-state index contributed by atoms with van der Waals surface area (Å²) in [7, 11) is 0. The van der Waals surface area contributed by atoms with Gasteiger partial charge < -0.3 is 14.0 Å². The summed E-state index contributed by atoms with van der Waals surface area (Å²) in [5.74, 6) is 0. The molecule has 0 atom stereocenters. The van der Waals surface area contributed by atoms with Gasteiger partial charge >= 0.3 is 0 Å². The van der Waals surface area contributed by atoms with Gasteiger partial charge in [-0.15, -0.1) is 0 Å². The van der Waals surface area contributed by atoms with Crippen molar-refractivity contribution in [3.05, 3.63) is 297 Å². The van der Waals surface area contributed by atoms with Crippen LogP contribution >= 0.6 is 0 Å². The fourth-order valence-corrected chi connectivity index (χ4v) is 12.0. The summed E-state index contributed by atoms with van der Waals surface area (Å²) in [6.45, 7) is 0. The summed E-state index contributed by atoms with van der Waals surface area (Å²) in [6.07, 6.45) is 0. The Balaban J connectivity index is 0.913. The Morgan fingerprint density at radius 2 is 0.558 bits per heavy atom. The van der Waals surface area contributed by atoms with E-state index in [1.54, 1.807) is 0 Å². The van der Waals surface area contributed by atoms with E-state index in [4.69, 9.17) is 0 Å². The van der Waals surface area contributed by atoms with E-state index in [1.807, 2.05) is 0 Å². The number of aromatic nitrogens is 2. The predicted octanol–water partition coefficient (Wildman–Crippen LogP) is 20.3. The van der Waals surface area contributed by atoms with Crippen LogP contribution in [-0.4, -0.2) is 9.13 Å². The molecule has 0 bridgehead atoms. The molecular formula is C74H49N3. The maximum absolute atomic E-state index is 2.45. The Labute approximate surface area is 447 Å². The molecule has 2 aromatic heterocycles. The van der Waals surface area contributed by atoms with Crippen molar-refractivity contribution < 1.29 is 0 Å². The van der Waals surface area contributed by atoms with Crippen molar-refractivity contribution >= 4 is 82.2 Å². The lowest BCUT2D eigenvalue weighted by Gasteiger charge is -2.26. The second-order valence-corrected chi connectivity index (χ2v) is 20.1. The van der Waals surface area contributed by atoms with Crippen LogP contribution in [0.2, 0.25) is 0 Å². The summed E-state index contributed by atoms with van der Waals surface area (Å²) < 4.78 is 4.89. The fourth-order valence-electron chi connectivity index (χ4n) is 12.0. The lowest BCUT2D eigenvalue weighted by molar-refractivity contribution is 1.19. The van der Waals surface area contributed by atoms with Gasteiger partial charge in [0.2, 0.25) is 0 Å². The largest absolute Gasteiger partial charge is 0.311 e. The molecule has 0 spiro atoms. The first-order valence-corrected chi connectivity index (χ1v) is 26.5. The molecule has 0 fully saturated rings. The molecule has 2 heterocycles. The van der Waals surface area contributed by atoms with E-state index in [-0.39, 0.29) is 0 Å². The molecule has 0 aliphatic carbocycles. The third kappa shape index (κ3) is 7.59. The first kappa shape index (κ1) is 44.3. The molecule has 0 saturated heterocycles. The normalized spacial score (nSPS) is 11.6. The quantitative estimate of drug-likeness (QED) is 0.140. The second kappa shape index (κ2) is 18.3. The van der Waals surface area contributed by atoms with E-state index in [0.717, 1.165) is 50.7 Å². The number of hydrogen-bond acceptors (Lipinski definition) is 1. The molecule has 0 N–H and O–H groups in total. The third-order valence-electron chi connectivity index (χ3n) is 15.6. The van der Waals surface area contributed by atoms with Crippen LogP contribution in [0.4, 0.5) is 17.1 Å². The number of rotatable bonds is 9. The number of anilines is 3. The molecule has 0 aliphatic rings. The van der Waals surface area contributed by atoms with Crippen molar-refractivity contribution in [2.75, 3.05) is 4.90 Å². The SMILES string of the molecule is c1ccc(-c2ccc(N(c3ccccc3)c3ccc(-c4cc(-c5ccc6c(c5)c5ccc7ccccc7c5n6-c5ccccc5)cc(-c5ccc6c(c5)c5ccc7ccccc7c5n6-c5ccccc5)c4)cc3)cc2)cc1. The van der Waals surface area contributed by atoms with Crippen LogP contribution in [0.1, 0.15) is 0 Å². The molecule has 3 nitrogen and oxygen atoms in total. The number of benzene rings is 13. The van der Waals surface area contributed by atoms with Gasteiger partial charge in [0.25, 0.3) is 0 Å². The molecule has 0 amide bonds.